The van der Waals surface area contributed by atoms with Gasteiger partial charge in [-0.1, -0.05) is 36.4 Å². The van der Waals surface area contributed by atoms with E-state index >= 15 is 0 Å². The van der Waals surface area contributed by atoms with Crippen LogP contribution in [0.5, 0.6) is 0 Å². The van der Waals surface area contributed by atoms with Gasteiger partial charge in [0.2, 0.25) is 0 Å². The maximum Gasteiger partial charge on any atom is 0.335 e. The molecule has 2 N–H and O–H groups in total. The number of rotatable bonds is 8. The van der Waals surface area contributed by atoms with Crippen molar-refractivity contribution in [3.63, 3.8) is 0 Å². The third kappa shape index (κ3) is 6.35. The van der Waals surface area contributed by atoms with Crippen molar-refractivity contribution in [2.75, 3.05) is 0 Å². The minimum Gasteiger partial charge on any atom is -0.478 e. The lowest BCUT2D eigenvalue weighted by Gasteiger charge is -2.03. The summed E-state index contributed by atoms with van der Waals surface area (Å²) in [5, 5.41) is 26.6. The Morgan fingerprint density at radius 3 is 1.43 bits per heavy atom. The van der Waals surface area contributed by atoms with E-state index in [1.807, 2.05) is 48.5 Å². The average molecular weight is 528 g/mol. The zero-order valence-electron chi connectivity index (χ0n) is 20.9. The Morgan fingerprint density at radius 2 is 1.02 bits per heavy atom. The van der Waals surface area contributed by atoms with Gasteiger partial charge in [-0.25, -0.2) is 14.6 Å². The highest BCUT2D eigenvalue weighted by Gasteiger charge is 2.06. The van der Waals surface area contributed by atoms with Crippen LogP contribution in [0.15, 0.2) is 113 Å². The van der Waals surface area contributed by atoms with Gasteiger partial charge >= 0.3 is 11.9 Å². The van der Waals surface area contributed by atoms with Gasteiger partial charge < -0.3 is 10.2 Å². The number of carboxylic acids is 2. The molecule has 1 heterocycles. The summed E-state index contributed by atoms with van der Waals surface area (Å²) in [5.74, 6) is -1.45. The Morgan fingerprint density at radius 1 is 0.575 bits per heavy atom. The van der Waals surface area contributed by atoms with Crippen molar-refractivity contribution in [1.82, 2.24) is 15.2 Å². The third-order valence-electron chi connectivity index (χ3n) is 5.89. The molecule has 40 heavy (non-hydrogen) atoms. The van der Waals surface area contributed by atoms with E-state index in [2.05, 4.69) is 25.2 Å². The molecule has 194 valence electrons. The molecule has 0 amide bonds. The molecule has 0 saturated carbocycles. The van der Waals surface area contributed by atoms with E-state index in [1.54, 1.807) is 42.9 Å². The van der Waals surface area contributed by atoms with E-state index in [0.717, 1.165) is 33.6 Å². The molecular formula is C31H21N5O4. The van der Waals surface area contributed by atoms with Crippen molar-refractivity contribution >= 4 is 35.7 Å². The van der Waals surface area contributed by atoms with Gasteiger partial charge in [0.1, 0.15) is 5.69 Å². The molecule has 0 saturated heterocycles. The minimum atomic E-state index is -0.966. The Bertz CT molecular complexity index is 1570. The number of aromatic nitrogens is 3. The Balaban J connectivity index is 1.21. The predicted molar refractivity (Wildman–Crippen MR) is 152 cm³/mol. The molecule has 0 unspecified atom stereocenters. The lowest BCUT2D eigenvalue weighted by Crippen LogP contribution is -1.95. The van der Waals surface area contributed by atoms with Crippen LogP contribution in [0.1, 0.15) is 31.8 Å². The van der Waals surface area contributed by atoms with Crippen LogP contribution < -0.4 is 0 Å². The number of hydrogen-bond acceptors (Lipinski definition) is 7. The van der Waals surface area contributed by atoms with Crippen molar-refractivity contribution in [2.24, 2.45) is 9.98 Å². The Kier molecular flexibility index (Phi) is 7.55. The van der Waals surface area contributed by atoms with Crippen molar-refractivity contribution in [3.8, 4) is 22.6 Å². The van der Waals surface area contributed by atoms with Crippen molar-refractivity contribution in [3.05, 3.63) is 126 Å². The summed E-state index contributed by atoms with van der Waals surface area (Å²) in [7, 11) is 0. The van der Waals surface area contributed by atoms with Crippen molar-refractivity contribution in [1.29, 1.82) is 0 Å². The quantitative estimate of drug-likeness (QED) is 0.232. The number of aromatic carboxylic acids is 2. The smallest absolute Gasteiger partial charge is 0.335 e. The lowest BCUT2D eigenvalue weighted by molar-refractivity contribution is 0.0686. The number of carbonyl (C=O) groups is 2. The van der Waals surface area contributed by atoms with Gasteiger partial charge in [-0.05, 0) is 71.8 Å². The van der Waals surface area contributed by atoms with Crippen LogP contribution in [0.3, 0.4) is 0 Å². The predicted octanol–water partition coefficient (Wildman–Crippen LogP) is 6.10. The van der Waals surface area contributed by atoms with Crippen LogP contribution in [0.25, 0.3) is 22.6 Å². The Labute approximate surface area is 228 Å². The zero-order valence-corrected chi connectivity index (χ0v) is 20.9. The summed E-state index contributed by atoms with van der Waals surface area (Å²) < 4.78 is 0. The van der Waals surface area contributed by atoms with Crippen molar-refractivity contribution in [2.45, 2.75) is 0 Å². The number of aliphatic imine (C=N–C) groups is 2. The lowest BCUT2D eigenvalue weighted by atomic mass is 10.1. The number of nitrogens with zero attached hydrogens (tertiary/aromatic N) is 5. The first-order valence-corrected chi connectivity index (χ1v) is 12.1. The maximum atomic E-state index is 11.0. The molecule has 0 radical (unpaired) electrons. The van der Waals surface area contributed by atoms with Crippen molar-refractivity contribution < 1.29 is 19.8 Å². The minimum absolute atomic E-state index is 0.228. The monoisotopic (exact) mass is 527 g/mol. The van der Waals surface area contributed by atoms with Crippen LogP contribution in [0.2, 0.25) is 0 Å². The van der Waals surface area contributed by atoms with Gasteiger partial charge in [0.15, 0.2) is 5.82 Å². The summed E-state index contributed by atoms with van der Waals surface area (Å²) in [5.41, 5.74) is 5.79. The van der Waals surface area contributed by atoms with Crippen LogP contribution in [-0.2, 0) is 0 Å². The van der Waals surface area contributed by atoms with E-state index in [-0.39, 0.29) is 11.1 Å². The molecule has 0 atom stereocenters. The summed E-state index contributed by atoms with van der Waals surface area (Å²) in [6.07, 6.45) is 5.01. The summed E-state index contributed by atoms with van der Waals surface area (Å²) >= 11 is 0. The highest BCUT2D eigenvalue weighted by atomic mass is 16.4. The summed E-state index contributed by atoms with van der Waals surface area (Å²) in [6, 6.07) is 27.8. The molecule has 9 heteroatoms. The largest absolute Gasteiger partial charge is 0.478 e. The standard InChI is InChI=1S/C31H21N5O4/c37-30(38)24-5-1-20(2-6-24)17-32-26-13-9-22(10-14-26)28-19-34-29(36-35-28)23-11-15-27(16-12-23)33-18-21-3-7-25(8-4-21)31(39)40/h1-19H,(H,37,38)(H,39,40). The first-order valence-electron chi connectivity index (χ1n) is 12.1. The molecule has 5 aromatic rings. The van der Waals surface area contributed by atoms with Gasteiger partial charge in [0, 0.05) is 23.6 Å². The molecule has 0 fully saturated rings. The van der Waals surface area contributed by atoms with E-state index < -0.39 is 11.9 Å². The van der Waals surface area contributed by atoms with E-state index in [9.17, 15) is 9.59 Å². The fraction of sp³-hybridized carbons (Fsp3) is 0. The highest BCUT2D eigenvalue weighted by molar-refractivity contribution is 5.90. The van der Waals surface area contributed by atoms with Gasteiger partial charge in [-0.3, -0.25) is 9.98 Å². The van der Waals surface area contributed by atoms with Gasteiger partial charge in [0.05, 0.1) is 28.7 Å². The highest BCUT2D eigenvalue weighted by Crippen LogP contribution is 2.23. The summed E-state index contributed by atoms with van der Waals surface area (Å²) in [4.78, 5) is 35.2. The Hall–Kier alpha value is -5.83. The average Bonchev–Trinajstić information content (AvgIpc) is 3.00. The topological polar surface area (TPSA) is 138 Å². The van der Waals surface area contributed by atoms with Crippen LogP contribution in [0.4, 0.5) is 11.4 Å². The second-order valence-corrected chi connectivity index (χ2v) is 8.63. The zero-order chi connectivity index (χ0) is 27.9. The number of benzene rings is 4. The number of hydrogen-bond donors (Lipinski definition) is 2. The number of carboxylic acid groups (broad SMARTS) is 2. The second kappa shape index (κ2) is 11.7. The van der Waals surface area contributed by atoms with Crippen LogP contribution in [-0.4, -0.2) is 49.8 Å². The molecule has 4 aromatic carbocycles. The van der Waals surface area contributed by atoms with E-state index in [1.165, 1.54) is 24.3 Å². The molecule has 0 aliphatic rings. The van der Waals surface area contributed by atoms with Crippen LogP contribution in [0, 0.1) is 0 Å². The molecule has 0 aliphatic carbocycles. The second-order valence-electron chi connectivity index (χ2n) is 8.63. The summed E-state index contributed by atoms with van der Waals surface area (Å²) in [6.45, 7) is 0. The molecule has 1 aromatic heterocycles. The molecule has 5 rings (SSSR count). The van der Waals surface area contributed by atoms with Gasteiger partial charge in [-0.2, -0.15) is 0 Å². The molecule has 9 nitrogen and oxygen atoms in total. The molecular weight excluding hydrogens is 506 g/mol. The molecule has 0 spiro atoms. The van der Waals surface area contributed by atoms with E-state index in [4.69, 9.17) is 10.2 Å². The fourth-order valence-corrected chi connectivity index (χ4v) is 3.68. The van der Waals surface area contributed by atoms with E-state index in [0.29, 0.717) is 11.5 Å². The molecule has 0 aliphatic heterocycles. The first kappa shape index (κ1) is 25.8. The van der Waals surface area contributed by atoms with Gasteiger partial charge in [-0.15, -0.1) is 10.2 Å². The van der Waals surface area contributed by atoms with Gasteiger partial charge in [0.25, 0.3) is 0 Å². The van der Waals surface area contributed by atoms with Crippen LogP contribution >= 0.6 is 0 Å². The fourth-order valence-electron chi connectivity index (χ4n) is 3.68. The normalized spacial score (nSPS) is 11.2. The maximum absolute atomic E-state index is 11.0. The molecule has 0 bridgehead atoms. The SMILES string of the molecule is O=C(O)c1ccc(C=Nc2ccc(-c3cnc(-c4ccc(N=Cc5ccc(C(=O)O)cc5)cc4)nn3)cc2)cc1. The third-order valence-corrected chi connectivity index (χ3v) is 5.89. The first-order chi connectivity index (χ1) is 19.4.